The molecule has 0 aromatic heterocycles. The predicted molar refractivity (Wildman–Crippen MR) is 166 cm³/mol. The second-order valence-corrected chi connectivity index (χ2v) is 11.0. The van der Waals surface area contributed by atoms with Crippen LogP contribution in [-0.4, -0.2) is 35.0 Å². The average molecular weight is 573 g/mol. The number of carboxylic acids is 1. The summed E-state index contributed by atoms with van der Waals surface area (Å²) in [5.74, 6) is -0.793. The molecule has 1 unspecified atom stereocenters. The average Bonchev–Trinajstić information content (AvgIpc) is 2.95. The van der Waals surface area contributed by atoms with Crippen LogP contribution in [0.5, 0.6) is 0 Å². The van der Waals surface area contributed by atoms with Gasteiger partial charge in [-0.3, -0.25) is 4.79 Å². The van der Waals surface area contributed by atoms with Crippen LogP contribution in [0.15, 0.2) is 97.1 Å². The third-order valence-corrected chi connectivity index (χ3v) is 7.72. The molecular weight excluding hydrogens is 540 g/mol. The highest BCUT2D eigenvalue weighted by Gasteiger charge is 2.23. The van der Waals surface area contributed by atoms with E-state index in [1.807, 2.05) is 92.0 Å². The number of amides is 1. The molecule has 2 N–H and O–H groups in total. The fourth-order valence-corrected chi connectivity index (χ4v) is 5.40. The van der Waals surface area contributed by atoms with E-state index in [0.717, 1.165) is 33.5 Å². The smallest absolute Gasteiger partial charge is 0.326 e. The Balaban J connectivity index is 1.72. The number of benzene rings is 4. The van der Waals surface area contributed by atoms with Gasteiger partial charge in [-0.05, 0) is 77.4 Å². The summed E-state index contributed by atoms with van der Waals surface area (Å²) in [6.07, 6.45) is 2.27. The third kappa shape index (κ3) is 7.46. The number of nitrogens with zero attached hydrogens (tertiary/aromatic N) is 1. The molecule has 4 aromatic rings. The molecule has 0 saturated carbocycles. The lowest BCUT2D eigenvalue weighted by Gasteiger charge is -2.27. The van der Waals surface area contributed by atoms with Gasteiger partial charge in [0.1, 0.15) is 6.04 Å². The first-order valence-corrected chi connectivity index (χ1v) is 14.9. The Kier molecular flexibility index (Phi) is 10.3. The molecule has 4 aromatic carbocycles. The predicted octanol–water partition coefficient (Wildman–Crippen LogP) is 7.46. The summed E-state index contributed by atoms with van der Waals surface area (Å²) in [6.45, 7) is 3.22. The van der Waals surface area contributed by atoms with Crippen molar-refractivity contribution in [3.63, 3.8) is 0 Å². The van der Waals surface area contributed by atoms with Gasteiger partial charge in [0.05, 0.1) is 10.7 Å². The summed E-state index contributed by atoms with van der Waals surface area (Å²) < 4.78 is 0. The zero-order chi connectivity index (χ0) is 28.5. The number of hydrogen-bond donors (Lipinski definition) is 2. The molecule has 4 rings (SSSR count). The number of para-hydroxylation sites is 1. The van der Waals surface area contributed by atoms with E-state index in [0.29, 0.717) is 35.8 Å². The topological polar surface area (TPSA) is 69.6 Å². The van der Waals surface area contributed by atoms with Crippen LogP contribution >= 0.6 is 23.4 Å². The summed E-state index contributed by atoms with van der Waals surface area (Å²) >= 11 is 8.18. The SMILES string of the molecule is CSCCC(NC(=O)c1ccc(CN(Cc2ccccc2)c2ccccc2Cl)cc1-c1ccccc1C)C(=O)O. The molecule has 5 nitrogen and oxygen atoms in total. The third-order valence-electron chi connectivity index (χ3n) is 6.76. The molecule has 0 heterocycles. The maximum absolute atomic E-state index is 13.5. The van der Waals surface area contributed by atoms with Crippen LogP contribution in [0.3, 0.4) is 0 Å². The molecule has 1 atom stereocenters. The lowest BCUT2D eigenvalue weighted by Crippen LogP contribution is -2.41. The number of thioether (sulfide) groups is 1. The largest absolute Gasteiger partial charge is 0.480 e. The number of carbonyl (C=O) groups is 2. The number of aryl methyl sites for hydroxylation is 1. The van der Waals surface area contributed by atoms with Gasteiger partial charge in [0.2, 0.25) is 0 Å². The summed E-state index contributed by atoms with van der Waals surface area (Å²) in [6, 6.07) is 30.7. The lowest BCUT2D eigenvalue weighted by atomic mass is 9.93. The van der Waals surface area contributed by atoms with Gasteiger partial charge in [0.25, 0.3) is 5.91 Å². The zero-order valence-electron chi connectivity index (χ0n) is 22.6. The highest BCUT2D eigenvalue weighted by Crippen LogP contribution is 2.32. The van der Waals surface area contributed by atoms with Crippen molar-refractivity contribution in [2.24, 2.45) is 0 Å². The number of anilines is 1. The summed E-state index contributed by atoms with van der Waals surface area (Å²) in [5.41, 5.74) is 6.24. The van der Waals surface area contributed by atoms with Crippen LogP contribution in [0.25, 0.3) is 11.1 Å². The van der Waals surface area contributed by atoms with E-state index in [1.165, 1.54) is 0 Å². The van der Waals surface area contributed by atoms with Crippen LogP contribution in [0.1, 0.15) is 33.5 Å². The molecule has 0 bridgehead atoms. The van der Waals surface area contributed by atoms with Crippen molar-refractivity contribution in [2.75, 3.05) is 16.9 Å². The van der Waals surface area contributed by atoms with Crippen molar-refractivity contribution in [3.05, 3.63) is 124 Å². The zero-order valence-corrected chi connectivity index (χ0v) is 24.2. The van der Waals surface area contributed by atoms with Crippen molar-refractivity contribution in [2.45, 2.75) is 32.5 Å². The number of aliphatic carboxylic acids is 1. The van der Waals surface area contributed by atoms with E-state index >= 15 is 0 Å². The second kappa shape index (κ2) is 14.1. The fourth-order valence-electron chi connectivity index (χ4n) is 4.67. The first kappa shape index (κ1) is 29.2. The van der Waals surface area contributed by atoms with Crippen molar-refractivity contribution in [1.29, 1.82) is 0 Å². The minimum atomic E-state index is -1.03. The molecular formula is C33H33ClN2O3S. The lowest BCUT2D eigenvalue weighted by molar-refractivity contribution is -0.139. The normalized spacial score (nSPS) is 11.6. The summed E-state index contributed by atoms with van der Waals surface area (Å²) in [5, 5.41) is 13.1. The van der Waals surface area contributed by atoms with Gasteiger partial charge in [-0.1, -0.05) is 84.4 Å². The minimum Gasteiger partial charge on any atom is -0.480 e. The number of carboxylic acid groups (broad SMARTS) is 1. The van der Waals surface area contributed by atoms with Gasteiger partial charge < -0.3 is 15.3 Å². The maximum atomic E-state index is 13.5. The van der Waals surface area contributed by atoms with Gasteiger partial charge in [0.15, 0.2) is 0 Å². The van der Waals surface area contributed by atoms with Crippen LogP contribution < -0.4 is 10.2 Å². The quantitative estimate of drug-likeness (QED) is 0.184. The molecule has 0 fully saturated rings. The van der Waals surface area contributed by atoms with Crippen LogP contribution in [0.4, 0.5) is 5.69 Å². The number of nitrogens with one attached hydrogen (secondary N) is 1. The molecule has 0 radical (unpaired) electrons. The molecule has 206 valence electrons. The second-order valence-electron chi connectivity index (χ2n) is 9.63. The molecule has 0 aliphatic heterocycles. The summed E-state index contributed by atoms with van der Waals surface area (Å²) in [4.78, 5) is 27.5. The van der Waals surface area contributed by atoms with Gasteiger partial charge in [-0.15, -0.1) is 0 Å². The molecule has 0 spiro atoms. The highest BCUT2D eigenvalue weighted by atomic mass is 35.5. The first-order chi connectivity index (χ1) is 19.4. The molecule has 1 amide bonds. The van der Waals surface area contributed by atoms with Crippen molar-refractivity contribution in [3.8, 4) is 11.1 Å². The Hall–Kier alpha value is -3.74. The van der Waals surface area contributed by atoms with Crippen LogP contribution in [0, 0.1) is 6.92 Å². The van der Waals surface area contributed by atoms with Crippen LogP contribution in [0.2, 0.25) is 5.02 Å². The van der Waals surface area contributed by atoms with Crippen LogP contribution in [-0.2, 0) is 17.9 Å². The summed E-state index contributed by atoms with van der Waals surface area (Å²) in [7, 11) is 0. The number of hydrogen-bond acceptors (Lipinski definition) is 4. The number of halogens is 1. The van der Waals surface area contributed by atoms with Crippen molar-refractivity contribution < 1.29 is 14.7 Å². The van der Waals surface area contributed by atoms with E-state index in [9.17, 15) is 14.7 Å². The molecule has 0 aliphatic rings. The van der Waals surface area contributed by atoms with E-state index in [2.05, 4.69) is 22.3 Å². The minimum absolute atomic E-state index is 0.353. The highest BCUT2D eigenvalue weighted by molar-refractivity contribution is 7.98. The van der Waals surface area contributed by atoms with Gasteiger partial charge >= 0.3 is 5.97 Å². The molecule has 40 heavy (non-hydrogen) atoms. The molecule has 7 heteroatoms. The molecule has 0 saturated heterocycles. The number of rotatable bonds is 12. The molecule has 0 aliphatic carbocycles. The van der Waals surface area contributed by atoms with E-state index in [4.69, 9.17) is 11.6 Å². The number of carbonyl (C=O) groups excluding carboxylic acids is 1. The fraction of sp³-hybridized carbons (Fsp3) is 0.212. The van der Waals surface area contributed by atoms with Gasteiger partial charge in [0, 0.05) is 18.7 Å². The van der Waals surface area contributed by atoms with Crippen molar-refractivity contribution in [1.82, 2.24) is 5.32 Å². The van der Waals surface area contributed by atoms with E-state index in [-0.39, 0.29) is 0 Å². The Morgan fingerprint density at radius 3 is 2.25 bits per heavy atom. The Morgan fingerprint density at radius 2 is 1.55 bits per heavy atom. The Bertz CT molecular complexity index is 1460. The Morgan fingerprint density at radius 1 is 0.875 bits per heavy atom. The standard InChI is InChI=1S/C33H33ClN2O3S/c1-23-10-6-7-13-26(23)28-20-25(16-17-27(28)32(37)35-30(33(38)39)18-19-40-2)22-36(21-24-11-4-3-5-12-24)31-15-9-8-14-29(31)34/h3-17,20,30H,18-19,21-22H2,1-2H3,(H,35,37)(H,38,39). The first-order valence-electron chi connectivity index (χ1n) is 13.1. The Labute approximate surface area is 245 Å². The van der Waals surface area contributed by atoms with E-state index in [1.54, 1.807) is 17.8 Å². The monoisotopic (exact) mass is 572 g/mol. The maximum Gasteiger partial charge on any atom is 0.326 e. The van der Waals surface area contributed by atoms with E-state index < -0.39 is 17.9 Å². The van der Waals surface area contributed by atoms with Gasteiger partial charge in [-0.25, -0.2) is 4.79 Å². The van der Waals surface area contributed by atoms with Crippen molar-refractivity contribution >= 4 is 40.9 Å². The van der Waals surface area contributed by atoms with Gasteiger partial charge in [-0.2, -0.15) is 11.8 Å².